The van der Waals surface area contributed by atoms with Gasteiger partial charge in [-0.1, -0.05) is 0 Å². The van der Waals surface area contributed by atoms with E-state index in [2.05, 4.69) is 0 Å². The molecule has 0 aromatic heterocycles. The van der Waals surface area contributed by atoms with Crippen molar-refractivity contribution >= 4 is 33.4 Å². The molecule has 0 aliphatic heterocycles. The number of methoxy groups -OCH3 is 1. The van der Waals surface area contributed by atoms with Gasteiger partial charge in [0, 0.05) is 6.08 Å². The van der Waals surface area contributed by atoms with Gasteiger partial charge < -0.3 is 4.74 Å². The van der Waals surface area contributed by atoms with E-state index in [0.717, 1.165) is 18.2 Å². The molecule has 0 radical (unpaired) electrons. The van der Waals surface area contributed by atoms with E-state index < -0.39 is 31.4 Å². The Hall–Kier alpha value is -2.07. The first-order valence-electron chi connectivity index (χ1n) is 5.40. The summed E-state index contributed by atoms with van der Waals surface area (Å²) in [6.45, 7) is 0. The van der Waals surface area contributed by atoms with Crippen molar-refractivity contribution in [2.45, 2.75) is 4.90 Å². The van der Waals surface area contributed by atoms with Crippen LogP contribution in [0.1, 0.15) is 0 Å². The fourth-order valence-corrected chi connectivity index (χ4v) is 2.70. The van der Waals surface area contributed by atoms with Gasteiger partial charge in [-0.3, -0.25) is 14.9 Å². The molecule has 114 valence electrons. The molecule has 0 saturated heterocycles. The third kappa shape index (κ3) is 4.46. The number of carbonyl (C=O) groups is 1. The molecule has 1 rings (SSSR count). The SMILES string of the molecule is COc1ccc(S(=O)(=O)NC(=O)/C=C/SC)c([N+](=O)[O-])c1. The van der Waals surface area contributed by atoms with E-state index in [-0.39, 0.29) is 5.75 Å². The smallest absolute Gasteiger partial charge is 0.293 e. The van der Waals surface area contributed by atoms with Gasteiger partial charge in [-0.15, -0.1) is 11.8 Å². The predicted octanol–water partition coefficient (Wildman–Crippen LogP) is 1.28. The topological polar surface area (TPSA) is 116 Å². The minimum atomic E-state index is -4.35. The highest BCUT2D eigenvalue weighted by molar-refractivity contribution is 8.01. The van der Waals surface area contributed by atoms with Crippen LogP contribution in [0.2, 0.25) is 0 Å². The van der Waals surface area contributed by atoms with Crippen LogP contribution in [0, 0.1) is 10.1 Å². The fraction of sp³-hybridized carbons (Fsp3) is 0.182. The second-order valence-electron chi connectivity index (χ2n) is 3.60. The number of nitro groups is 1. The minimum absolute atomic E-state index is 0.134. The summed E-state index contributed by atoms with van der Waals surface area (Å²) in [4.78, 5) is 20.9. The van der Waals surface area contributed by atoms with Crippen molar-refractivity contribution in [3.63, 3.8) is 0 Å². The summed E-state index contributed by atoms with van der Waals surface area (Å²) in [5.74, 6) is -0.760. The number of sulfonamides is 1. The number of nitrogens with one attached hydrogen (secondary N) is 1. The van der Waals surface area contributed by atoms with Crippen molar-refractivity contribution in [3.05, 3.63) is 39.8 Å². The van der Waals surface area contributed by atoms with Crippen molar-refractivity contribution in [2.75, 3.05) is 13.4 Å². The number of nitrogens with zero attached hydrogens (tertiary/aromatic N) is 1. The van der Waals surface area contributed by atoms with Crippen LogP contribution in [-0.2, 0) is 14.8 Å². The van der Waals surface area contributed by atoms with Crippen molar-refractivity contribution in [3.8, 4) is 5.75 Å². The molecule has 1 N–H and O–H groups in total. The molecular formula is C11H12N2O6S2. The number of benzene rings is 1. The van der Waals surface area contributed by atoms with Gasteiger partial charge in [-0.2, -0.15) is 0 Å². The molecule has 1 aromatic carbocycles. The molecule has 0 fully saturated rings. The molecule has 0 heterocycles. The largest absolute Gasteiger partial charge is 0.497 e. The highest BCUT2D eigenvalue weighted by Gasteiger charge is 2.27. The van der Waals surface area contributed by atoms with Crippen molar-refractivity contribution < 1.29 is 22.9 Å². The second kappa shape index (κ2) is 7.09. The fourth-order valence-electron chi connectivity index (χ4n) is 1.35. The Morgan fingerprint density at radius 1 is 1.48 bits per heavy atom. The van der Waals surface area contributed by atoms with Gasteiger partial charge in [0.05, 0.1) is 18.1 Å². The molecular weight excluding hydrogens is 320 g/mol. The average Bonchev–Trinajstić information content (AvgIpc) is 2.43. The van der Waals surface area contributed by atoms with Crippen LogP contribution in [0.15, 0.2) is 34.6 Å². The molecule has 1 aromatic rings. The quantitative estimate of drug-likeness (QED) is 0.474. The highest BCUT2D eigenvalue weighted by atomic mass is 32.2. The molecule has 0 atom stereocenters. The summed E-state index contributed by atoms with van der Waals surface area (Å²) in [5.41, 5.74) is -0.677. The Morgan fingerprint density at radius 2 is 2.14 bits per heavy atom. The number of thioether (sulfide) groups is 1. The lowest BCUT2D eigenvalue weighted by atomic mass is 10.3. The molecule has 0 aliphatic carbocycles. The van der Waals surface area contributed by atoms with E-state index in [4.69, 9.17) is 4.74 Å². The molecule has 0 aliphatic rings. The van der Waals surface area contributed by atoms with E-state index in [1.807, 2.05) is 0 Å². The van der Waals surface area contributed by atoms with Crippen molar-refractivity contribution in [2.24, 2.45) is 0 Å². The normalized spacial score (nSPS) is 11.3. The van der Waals surface area contributed by atoms with Crippen LogP contribution in [0.25, 0.3) is 0 Å². The molecule has 0 saturated carbocycles. The zero-order valence-corrected chi connectivity index (χ0v) is 12.7. The van der Waals surface area contributed by atoms with Crippen LogP contribution in [-0.4, -0.2) is 32.6 Å². The monoisotopic (exact) mass is 332 g/mol. The number of nitro benzene ring substituents is 1. The first kappa shape index (κ1) is 17.0. The lowest BCUT2D eigenvalue weighted by molar-refractivity contribution is -0.387. The van der Waals surface area contributed by atoms with Crippen molar-refractivity contribution in [1.82, 2.24) is 4.72 Å². The molecule has 21 heavy (non-hydrogen) atoms. The Kier molecular flexibility index (Phi) is 5.73. The van der Waals surface area contributed by atoms with Gasteiger partial charge in [-0.05, 0) is 23.8 Å². The number of ether oxygens (including phenoxy) is 1. The van der Waals surface area contributed by atoms with Crippen LogP contribution in [0.5, 0.6) is 5.75 Å². The average molecular weight is 332 g/mol. The molecule has 0 unspecified atom stereocenters. The van der Waals surface area contributed by atoms with Gasteiger partial charge in [0.25, 0.3) is 21.6 Å². The first-order valence-corrected chi connectivity index (χ1v) is 8.17. The summed E-state index contributed by atoms with van der Waals surface area (Å²) in [5, 5.41) is 12.3. The summed E-state index contributed by atoms with van der Waals surface area (Å²) in [6.07, 6.45) is 2.70. The number of hydrogen-bond donors (Lipinski definition) is 1. The standard InChI is InChI=1S/C11H12N2O6S2/c1-19-8-3-4-10(9(7-8)13(15)16)21(17,18)12-11(14)5-6-20-2/h3-7H,1-2H3,(H,12,14)/b6-5+. The number of amides is 1. The van der Waals surface area contributed by atoms with Gasteiger partial charge in [0.15, 0.2) is 4.90 Å². The number of carbonyl (C=O) groups excluding carboxylic acids is 1. The zero-order chi connectivity index (χ0) is 16.0. The van der Waals surface area contributed by atoms with E-state index in [0.29, 0.717) is 0 Å². The predicted molar refractivity (Wildman–Crippen MR) is 77.6 cm³/mol. The van der Waals surface area contributed by atoms with Crippen LogP contribution in [0.4, 0.5) is 5.69 Å². The zero-order valence-electron chi connectivity index (χ0n) is 11.1. The molecule has 0 spiro atoms. The Morgan fingerprint density at radius 3 is 2.67 bits per heavy atom. The summed E-state index contributed by atoms with van der Waals surface area (Å²) in [7, 11) is -3.05. The summed E-state index contributed by atoms with van der Waals surface area (Å²) >= 11 is 1.20. The lowest BCUT2D eigenvalue weighted by Gasteiger charge is -2.07. The number of rotatable bonds is 6. The lowest BCUT2D eigenvalue weighted by Crippen LogP contribution is -2.29. The summed E-state index contributed by atoms with van der Waals surface area (Å²) < 4.78 is 30.6. The Labute approximate surface area is 125 Å². The van der Waals surface area contributed by atoms with Crippen molar-refractivity contribution in [1.29, 1.82) is 0 Å². The number of hydrogen-bond acceptors (Lipinski definition) is 7. The maximum absolute atomic E-state index is 12.0. The third-order valence-corrected chi connectivity index (χ3v) is 4.05. The van der Waals surface area contributed by atoms with Gasteiger partial charge in [0.1, 0.15) is 5.75 Å². The Balaban J connectivity index is 3.22. The minimum Gasteiger partial charge on any atom is -0.497 e. The molecule has 1 amide bonds. The highest BCUT2D eigenvalue weighted by Crippen LogP contribution is 2.28. The van der Waals surface area contributed by atoms with E-state index >= 15 is 0 Å². The van der Waals surface area contributed by atoms with Gasteiger partial charge >= 0.3 is 0 Å². The van der Waals surface area contributed by atoms with E-state index in [1.54, 1.807) is 11.0 Å². The van der Waals surface area contributed by atoms with Crippen LogP contribution < -0.4 is 9.46 Å². The second-order valence-corrected chi connectivity index (χ2v) is 5.99. The maximum Gasteiger partial charge on any atom is 0.293 e. The Bertz CT molecular complexity index is 684. The summed E-state index contributed by atoms with van der Waals surface area (Å²) in [6, 6.07) is 3.23. The van der Waals surface area contributed by atoms with Gasteiger partial charge in [0.2, 0.25) is 0 Å². The van der Waals surface area contributed by atoms with E-state index in [9.17, 15) is 23.3 Å². The van der Waals surface area contributed by atoms with Crippen LogP contribution in [0.3, 0.4) is 0 Å². The van der Waals surface area contributed by atoms with E-state index in [1.165, 1.54) is 30.3 Å². The molecule has 10 heteroatoms. The third-order valence-electron chi connectivity index (χ3n) is 2.24. The first-order chi connectivity index (χ1) is 9.81. The maximum atomic E-state index is 12.0. The van der Waals surface area contributed by atoms with Gasteiger partial charge in [-0.25, -0.2) is 13.1 Å². The van der Waals surface area contributed by atoms with Crippen LogP contribution >= 0.6 is 11.8 Å². The molecule has 8 nitrogen and oxygen atoms in total. The molecule has 0 bridgehead atoms.